The number of furan rings is 1. The van der Waals surface area contributed by atoms with Crippen molar-refractivity contribution in [2.45, 2.75) is 38.4 Å². The summed E-state index contributed by atoms with van der Waals surface area (Å²) < 4.78 is 56.2. The van der Waals surface area contributed by atoms with Crippen molar-refractivity contribution in [1.82, 2.24) is 5.32 Å². The molecule has 0 saturated heterocycles. The van der Waals surface area contributed by atoms with Crippen LogP contribution in [-0.2, 0) is 0 Å². The van der Waals surface area contributed by atoms with Crippen LogP contribution >= 0.6 is 0 Å². The molecule has 0 radical (unpaired) electrons. The largest absolute Gasteiger partial charge is 0.456 e. The van der Waals surface area contributed by atoms with E-state index in [-0.39, 0.29) is 12.0 Å². The Morgan fingerprint density at radius 2 is 2.05 bits per heavy atom. The normalized spacial score (nSPS) is 13.8. The average Bonchev–Trinajstić information content (AvgIpc) is 2.83. The van der Waals surface area contributed by atoms with E-state index in [4.69, 9.17) is 4.42 Å². The zero-order valence-corrected chi connectivity index (χ0v) is 11.6. The molecule has 0 fully saturated rings. The zero-order valence-electron chi connectivity index (χ0n) is 11.6. The SMILES string of the molecule is CCCNC(CCC(F)(F)F)c1cc2cccc(F)c2o1. The summed E-state index contributed by atoms with van der Waals surface area (Å²) in [6.07, 6.45) is -4.47. The molecule has 0 spiro atoms. The van der Waals surface area contributed by atoms with Gasteiger partial charge < -0.3 is 9.73 Å². The number of para-hydroxylation sites is 1. The molecule has 2 aromatic rings. The lowest BCUT2D eigenvalue weighted by molar-refractivity contribution is -0.136. The smallest absolute Gasteiger partial charge is 0.389 e. The maximum atomic E-state index is 13.6. The van der Waals surface area contributed by atoms with E-state index in [2.05, 4.69) is 5.32 Å². The highest BCUT2D eigenvalue weighted by Crippen LogP contribution is 2.31. The molecule has 2 nitrogen and oxygen atoms in total. The predicted molar refractivity (Wildman–Crippen MR) is 72.5 cm³/mol. The summed E-state index contributed by atoms with van der Waals surface area (Å²) in [5.74, 6) is -0.170. The highest BCUT2D eigenvalue weighted by molar-refractivity contribution is 5.78. The molecule has 0 amide bonds. The van der Waals surface area contributed by atoms with E-state index in [1.54, 1.807) is 18.2 Å². The molecular weight excluding hydrogens is 286 g/mol. The first-order chi connectivity index (χ1) is 9.90. The number of fused-ring (bicyclic) bond motifs is 1. The quantitative estimate of drug-likeness (QED) is 0.763. The first-order valence-corrected chi connectivity index (χ1v) is 6.89. The Morgan fingerprint density at radius 3 is 2.67 bits per heavy atom. The van der Waals surface area contributed by atoms with E-state index in [1.807, 2.05) is 6.92 Å². The van der Waals surface area contributed by atoms with Gasteiger partial charge in [0, 0.05) is 11.8 Å². The second kappa shape index (κ2) is 6.47. The summed E-state index contributed by atoms with van der Waals surface area (Å²) in [5, 5.41) is 3.58. The highest BCUT2D eigenvalue weighted by atomic mass is 19.4. The van der Waals surface area contributed by atoms with Crippen LogP contribution in [0.2, 0.25) is 0 Å². The molecule has 0 aliphatic heterocycles. The fraction of sp³-hybridized carbons (Fsp3) is 0.467. The van der Waals surface area contributed by atoms with Gasteiger partial charge in [-0.15, -0.1) is 0 Å². The van der Waals surface area contributed by atoms with Gasteiger partial charge in [0.05, 0.1) is 6.04 Å². The minimum Gasteiger partial charge on any atom is -0.456 e. The zero-order chi connectivity index (χ0) is 15.5. The lowest BCUT2D eigenvalue weighted by Gasteiger charge is -2.17. The first-order valence-electron chi connectivity index (χ1n) is 6.89. The topological polar surface area (TPSA) is 25.2 Å². The van der Waals surface area contributed by atoms with Crippen LogP contribution in [0.1, 0.15) is 38.0 Å². The van der Waals surface area contributed by atoms with Crippen LogP contribution in [0, 0.1) is 5.82 Å². The van der Waals surface area contributed by atoms with Gasteiger partial charge in [-0.1, -0.05) is 19.1 Å². The van der Waals surface area contributed by atoms with Crippen LogP contribution in [0.25, 0.3) is 11.0 Å². The summed E-state index contributed by atoms with van der Waals surface area (Å²) in [6.45, 7) is 2.49. The molecule has 0 aliphatic carbocycles. The molecule has 116 valence electrons. The minimum absolute atomic E-state index is 0.0859. The van der Waals surface area contributed by atoms with Gasteiger partial charge in [0.1, 0.15) is 5.76 Å². The van der Waals surface area contributed by atoms with Gasteiger partial charge in [-0.3, -0.25) is 0 Å². The molecule has 1 N–H and O–H groups in total. The van der Waals surface area contributed by atoms with E-state index in [0.717, 1.165) is 6.42 Å². The van der Waals surface area contributed by atoms with Crippen molar-refractivity contribution in [3.8, 4) is 0 Å². The van der Waals surface area contributed by atoms with Crippen LogP contribution in [-0.4, -0.2) is 12.7 Å². The minimum atomic E-state index is -4.22. The molecule has 1 aromatic carbocycles. The second-order valence-corrected chi connectivity index (χ2v) is 4.97. The number of alkyl halides is 3. The number of hydrogen-bond acceptors (Lipinski definition) is 2. The second-order valence-electron chi connectivity index (χ2n) is 4.97. The molecule has 1 unspecified atom stereocenters. The molecular formula is C15H17F4NO. The average molecular weight is 303 g/mol. The molecule has 6 heteroatoms. The first kappa shape index (κ1) is 15.8. The summed E-state index contributed by atoms with van der Waals surface area (Å²) in [4.78, 5) is 0. The van der Waals surface area contributed by atoms with Gasteiger partial charge >= 0.3 is 6.18 Å². The van der Waals surface area contributed by atoms with Gasteiger partial charge in [0.25, 0.3) is 0 Å². The van der Waals surface area contributed by atoms with Crippen molar-refractivity contribution in [2.75, 3.05) is 6.54 Å². The Hall–Kier alpha value is -1.56. The molecule has 0 aliphatic rings. The van der Waals surface area contributed by atoms with Crippen molar-refractivity contribution in [1.29, 1.82) is 0 Å². The third kappa shape index (κ3) is 4.20. The summed E-state index contributed by atoms with van der Waals surface area (Å²) in [5.41, 5.74) is 0.0859. The number of rotatable bonds is 6. The van der Waals surface area contributed by atoms with Crippen molar-refractivity contribution in [2.24, 2.45) is 0 Å². The summed E-state index contributed by atoms with van der Waals surface area (Å²) in [6, 6.07) is 5.51. The van der Waals surface area contributed by atoms with E-state index >= 15 is 0 Å². The van der Waals surface area contributed by atoms with E-state index in [9.17, 15) is 17.6 Å². The number of nitrogens with one attached hydrogen (secondary N) is 1. The van der Waals surface area contributed by atoms with Crippen molar-refractivity contribution >= 4 is 11.0 Å². The molecule has 1 heterocycles. The van der Waals surface area contributed by atoms with Gasteiger partial charge in [-0.05, 0) is 31.5 Å². The lowest BCUT2D eigenvalue weighted by atomic mass is 10.1. The molecule has 0 saturated carbocycles. The van der Waals surface area contributed by atoms with Crippen molar-refractivity contribution in [3.05, 3.63) is 35.8 Å². The Bertz CT molecular complexity index is 591. The molecule has 1 aromatic heterocycles. The third-order valence-corrected chi connectivity index (χ3v) is 3.22. The molecule has 2 rings (SSSR count). The van der Waals surface area contributed by atoms with Gasteiger partial charge in [0.15, 0.2) is 11.4 Å². The maximum Gasteiger partial charge on any atom is 0.389 e. The fourth-order valence-corrected chi connectivity index (χ4v) is 2.19. The Kier molecular flexibility index (Phi) is 4.88. The number of hydrogen-bond donors (Lipinski definition) is 1. The summed E-state index contributed by atoms with van der Waals surface area (Å²) in [7, 11) is 0. The van der Waals surface area contributed by atoms with Gasteiger partial charge in [-0.25, -0.2) is 4.39 Å². The van der Waals surface area contributed by atoms with Crippen LogP contribution in [0.3, 0.4) is 0 Å². The van der Waals surface area contributed by atoms with Crippen LogP contribution in [0.4, 0.5) is 17.6 Å². The van der Waals surface area contributed by atoms with Gasteiger partial charge in [0.2, 0.25) is 0 Å². The van der Waals surface area contributed by atoms with E-state index < -0.39 is 24.5 Å². The van der Waals surface area contributed by atoms with Crippen LogP contribution in [0.5, 0.6) is 0 Å². The lowest BCUT2D eigenvalue weighted by Crippen LogP contribution is -2.23. The number of halogens is 4. The fourth-order valence-electron chi connectivity index (χ4n) is 2.19. The van der Waals surface area contributed by atoms with E-state index in [0.29, 0.717) is 17.7 Å². The van der Waals surface area contributed by atoms with E-state index in [1.165, 1.54) is 6.07 Å². The monoisotopic (exact) mass is 303 g/mol. The molecule has 21 heavy (non-hydrogen) atoms. The third-order valence-electron chi connectivity index (χ3n) is 3.22. The molecule has 1 atom stereocenters. The highest BCUT2D eigenvalue weighted by Gasteiger charge is 2.29. The van der Waals surface area contributed by atoms with Crippen LogP contribution < -0.4 is 5.32 Å². The van der Waals surface area contributed by atoms with Crippen LogP contribution in [0.15, 0.2) is 28.7 Å². The Balaban J connectivity index is 2.23. The predicted octanol–water partition coefficient (Wildman–Crippen LogP) is 4.96. The maximum absolute atomic E-state index is 13.6. The summed E-state index contributed by atoms with van der Waals surface area (Å²) >= 11 is 0. The Labute approximate surface area is 120 Å². The van der Waals surface area contributed by atoms with Gasteiger partial charge in [-0.2, -0.15) is 13.2 Å². The standard InChI is InChI=1S/C15H17F4NO/c1-2-8-20-12(6-7-15(17,18)19)13-9-10-4-3-5-11(16)14(10)21-13/h3-5,9,12,20H,2,6-8H2,1H3. The number of benzene rings is 1. The van der Waals surface area contributed by atoms with Crippen molar-refractivity contribution in [3.63, 3.8) is 0 Å². The van der Waals surface area contributed by atoms with Crippen molar-refractivity contribution < 1.29 is 22.0 Å². The molecule has 0 bridgehead atoms. The Morgan fingerprint density at radius 1 is 1.29 bits per heavy atom.